The zero-order valence-corrected chi connectivity index (χ0v) is 27.4. The molecule has 3 aromatic rings. The van der Waals surface area contributed by atoms with Gasteiger partial charge in [0.05, 0.1) is 48.0 Å². The van der Waals surface area contributed by atoms with Crippen LogP contribution < -0.4 is 15.0 Å². The summed E-state index contributed by atoms with van der Waals surface area (Å²) in [6.07, 6.45) is -0.0799. The molecule has 1 fully saturated rings. The third-order valence-corrected chi connectivity index (χ3v) is 8.46. The minimum atomic E-state index is -3.53. The molecule has 0 radical (unpaired) electrons. The van der Waals surface area contributed by atoms with Crippen molar-refractivity contribution in [2.75, 3.05) is 43.2 Å². The van der Waals surface area contributed by atoms with Crippen LogP contribution in [0.2, 0.25) is 0 Å². The van der Waals surface area contributed by atoms with E-state index >= 15 is 0 Å². The Balaban J connectivity index is 1.69. The van der Waals surface area contributed by atoms with E-state index < -0.39 is 39.8 Å². The van der Waals surface area contributed by atoms with Crippen LogP contribution >= 0.6 is 0 Å². The highest BCUT2D eigenvalue weighted by atomic mass is 32.2. The number of piperidine rings is 1. The lowest BCUT2D eigenvalue weighted by molar-refractivity contribution is 0.0584. The van der Waals surface area contributed by atoms with Gasteiger partial charge >= 0.3 is 12.2 Å². The van der Waals surface area contributed by atoms with Crippen LogP contribution in [-0.4, -0.2) is 86.0 Å². The van der Waals surface area contributed by atoms with Crippen molar-refractivity contribution in [3.05, 3.63) is 60.8 Å². The maximum atomic E-state index is 14.9. The molecule has 2 amide bonds. The minimum Gasteiger partial charge on any atom is -0.495 e. The van der Waals surface area contributed by atoms with E-state index in [1.54, 1.807) is 26.8 Å². The van der Waals surface area contributed by atoms with Gasteiger partial charge in [0.2, 0.25) is 0 Å². The minimum absolute atomic E-state index is 0.0354. The predicted octanol–water partition coefficient (Wildman–Crippen LogP) is 5.53. The lowest BCUT2D eigenvalue weighted by Gasteiger charge is -2.34. The van der Waals surface area contributed by atoms with Gasteiger partial charge in [-0.3, -0.25) is 4.90 Å². The van der Waals surface area contributed by atoms with Crippen LogP contribution in [0.15, 0.2) is 60.0 Å². The van der Waals surface area contributed by atoms with Gasteiger partial charge < -0.3 is 29.4 Å². The van der Waals surface area contributed by atoms with Crippen LogP contribution in [0.4, 0.5) is 25.4 Å². The van der Waals surface area contributed by atoms with E-state index in [1.165, 1.54) is 30.2 Å². The van der Waals surface area contributed by atoms with Crippen molar-refractivity contribution in [2.24, 2.45) is 0 Å². The van der Waals surface area contributed by atoms with E-state index in [4.69, 9.17) is 9.47 Å². The van der Waals surface area contributed by atoms with Crippen molar-refractivity contribution >= 4 is 44.3 Å². The maximum Gasteiger partial charge on any atom is 0.415 e. The number of allylic oxidation sites excluding steroid dienone is 1. The number of halogens is 1. The highest BCUT2D eigenvalue weighted by Crippen LogP contribution is 2.33. The molecule has 1 saturated heterocycles. The van der Waals surface area contributed by atoms with Crippen molar-refractivity contribution in [1.29, 1.82) is 0 Å². The van der Waals surface area contributed by atoms with Gasteiger partial charge in [-0.15, -0.1) is 6.58 Å². The number of nitrogens with zero attached hydrogens (tertiary/aromatic N) is 3. The number of carboxylic acid groups (broad SMARTS) is 1. The Morgan fingerprint density at radius 1 is 1.24 bits per heavy atom. The lowest BCUT2D eigenvalue weighted by atomic mass is 10.0. The van der Waals surface area contributed by atoms with Crippen molar-refractivity contribution in [3.63, 3.8) is 0 Å². The molecular formula is C33H39FN4O7S. The van der Waals surface area contributed by atoms with E-state index in [0.29, 0.717) is 24.3 Å². The summed E-state index contributed by atoms with van der Waals surface area (Å²) >= 11 is 0. The average Bonchev–Trinajstić information content (AvgIpc) is 3.32. The van der Waals surface area contributed by atoms with E-state index in [9.17, 15) is 27.5 Å². The van der Waals surface area contributed by atoms with Gasteiger partial charge in [-0.05, 0) is 63.4 Å². The second-order valence-corrected chi connectivity index (χ2v) is 13.9. The summed E-state index contributed by atoms with van der Waals surface area (Å²) in [5, 5.41) is 13.3. The molecule has 2 N–H and O–H groups in total. The highest BCUT2D eigenvalue weighted by molar-refractivity contribution is 7.90. The number of aromatic nitrogens is 1. The molecule has 0 saturated carbocycles. The average molecular weight is 655 g/mol. The summed E-state index contributed by atoms with van der Waals surface area (Å²) in [7, 11) is -2.15. The topological polar surface area (TPSA) is 130 Å². The SMILES string of the molecule is C=CCn1c(C#CCN(C(=O)OC(C)(C)C)c2ccc(S(C)(=O)=O)cc2OC)cc2c(N[C@H]3CCN(C(=O)O)C[C@H]3F)cccc21. The Bertz CT molecular complexity index is 1800. The van der Waals surface area contributed by atoms with Crippen molar-refractivity contribution < 1.29 is 37.0 Å². The fraction of sp³-hybridized carbons (Fsp3) is 0.394. The zero-order valence-electron chi connectivity index (χ0n) is 26.5. The van der Waals surface area contributed by atoms with Gasteiger partial charge in [0.15, 0.2) is 9.84 Å². The second-order valence-electron chi connectivity index (χ2n) is 11.9. The molecule has 2 heterocycles. The van der Waals surface area contributed by atoms with Crippen LogP contribution in [0.1, 0.15) is 32.9 Å². The summed E-state index contributed by atoms with van der Waals surface area (Å²) in [6.45, 7) is 9.41. The van der Waals surface area contributed by atoms with Crippen LogP contribution in [0.5, 0.6) is 5.75 Å². The molecule has 0 aliphatic carbocycles. The molecular weight excluding hydrogens is 615 g/mol. The summed E-state index contributed by atoms with van der Waals surface area (Å²) in [4.78, 5) is 27.0. The van der Waals surface area contributed by atoms with Crippen molar-refractivity contribution in [2.45, 2.75) is 56.4 Å². The number of hydrogen-bond acceptors (Lipinski definition) is 7. The number of alkyl halides is 1. The standard InChI is InChI=1S/C33H39FN4O7S/c1-7-16-37-22(19-24-26(11-8-12-28(24)37)35-27-15-18-36(31(39)40)21-25(27)34)10-9-17-38(32(41)45-33(2,3)4)29-14-13-23(46(6,42)43)20-30(29)44-5/h7-8,11-14,19-20,25,27,35H,1,15-18,21H2,2-6H3,(H,39,40)/t25-,27+/m1/s1. The third-order valence-electron chi connectivity index (χ3n) is 7.35. The monoisotopic (exact) mass is 654 g/mol. The second kappa shape index (κ2) is 13.7. The number of methoxy groups -OCH3 is 1. The first kappa shape index (κ1) is 34.2. The predicted molar refractivity (Wildman–Crippen MR) is 175 cm³/mol. The van der Waals surface area contributed by atoms with E-state index in [0.717, 1.165) is 22.1 Å². The number of sulfone groups is 1. The molecule has 0 spiro atoms. The van der Waals surface area contributed by atoms with Gasteiger partial charge in [-0.1, -0.05) is 18.1 Å². The number of carbonyl (C=O) groups is 2. The first-order valence-electron chi connectivity index (χ1n) is 14.6. The van der Waals surface area contributed by atoms with Crippen LogP contribution in [-0.2, 0) is 21.1 Å². The van der Waals surface area contributed by atoms with E-state index in [1.807, 2.05) is 28.8 Å². The fourth-order valence-corrected chi connectivity index (χ4v) is 5.80. The molecule has 0 bridgehead atoms. The summed E-state index contributed by atoms with van der Waals surface area (Å²) in [5.41, 5.74) is 1.60. The molecule has 2 aromatic carbocycles. The third kappa shape index (κ3) is 7.92. The Labute approximate surface area is 268 Å². The number of rotatable bonds is 8. The number of likely N-dealkylation sites (tertiary alicyclic amines) is 1. The number of anilines is 2. The van der Waals surface area contributed by atoms with Gasteiger partial charge in [0, 0.05) is 36.5 Å². The van der Waals surface area contributed by atoms with E-state index in [-0.39, 0.29) is 36.0 Å². The Hall–Kier alpha value is -4.70. The molecule has 2 atom stereocenters. The molecule has 1 aromatic heterocycles. The van der Waals surface area contributed by atoms with Gasteiger partial charge in [-0.2, -0.15) is 0 Å². The summed E-state index contributed by atoms with van der Waals surface area (Å²) < 4.78 is 52.3. The number of nitrogens with one attached hydrogen (secondary N) is 1. The van der Waals surface area contributed by atoms with E-state index in [2.05, 4.69) is 23.7 Å². The van der Waals surface area contributed by atoms with Gasteiger partial charge in [-0.25, -0.2) is 22.4 Å². The molecule has 1 aliphatic rings. The molecule has 4 rings (SSSR count). The first-order chi connectivity index (χ1) is 21.6. The normalized spacial score (nSPS) is 16.7. The number of carbonyl (C=O) groups excluding carboxylic acids is 1. The lowest BCUT2D eigenvalue weighted by Crippen LogP contribution is -2.49. The number of amides is 2. The van der Waals surface area contributed by atoms with Crippen molar-refractivity contribution in [1.82, 2.24) is 9.47 Å². The fourth-order valence-electron chi connectivity index (χ4n) is 5.17. The highest BCUT2D eigenvalue weighted by Gasteiger charge is 2.32. The first-order valence-corrected chi connectivity index (χ1v) is 16.5. The molecule has 46 heavy (non-hydrogen) atoms. The number of hydrogen-bond donors (Lipinski definition) is 2. The quantitative estimate of drug-likeness (QED) is 0.240. The van der Waals surface area contributed by atoms with Crippen LogP contribution in [0.25, 0.3) is 10.9 Å². The van der Waals surface area contributed by atoms with Gasteiger partial charge in [0.1, 0.15) is 17.5 Å². The maximum absolute atomic E-state index is 14.9. The molecule has 0 unspecified atom stereocenters. The zero-order chi connectivity index (χ0) is 33.8. The summed E-state index contributed by atoms with van der Waals surface area (Å²) in [6, 6.07) is 11.1. The summed E-state index contributed by atoms with van der Waals surface area (Å²) in [5.74, 6) is 6.35. The van der Waals surface area contributed by atoms with Crippen LogP contribution in [0, 0.1) is 11.8 Å². The number of fused-ring (bicyclic) bond motifs is 1. The Morgan fingerprint density at radius 3 is 2.59 bits per heavy atom. The Kier molecular flexibility index (Phi) is 10.2. The molecule has 1 aliphatic heterocycles. The number of benzene rings is 2. The van der Waals surface area contributed by atoms with Crippen molar-refractivity contribution in [3.8, 4) is 17.6 Å². The molecule has 246 valence electrons. The molecule has 13 heteroatoms. The molecule has 11 nitrogen and oxygen atoms in total. The van der Waals surface area contributed by atoms with Gasteiger partial charge in [0.25, 0.3) is 0 Å². The largest absolute Gasteiger partial charge is 0.495 e. The smallest absolute Gasteiger partial charge is 0.415 e. The van der Waals surface area contributed by atoms with Crippen LogP contribution in [0.3, 0.4) is 0 Å². The Morgan fingerprint density at radius 2 is 1.98 bits per heavy atom. The number of ether oxygens (including phenoxy) is 2.